The van der Waals surface area contributed by atoms with Crippen LogP contribution < -0.4 is 10.5 Å². The Balaban J connectivity index is 2.46. The maximum absolute atomic E-state index is 13.8. The topological polar surface area (TPSA) is 85.1 Å². The van der Waals surface area contributed by atoms with Gasteiger partial charge in [0.15, 0.2) is 5.82 Å². The summed E-state index contributed by atoms with van der Waals surface area (Å²) >= 11 is 11.2. The number of hydrogen-bond acceptors (Lipinski definition) is 4. The van der Waals surface area contributed by atoms with E-state index in [0.717, 1.165) is 12.1 Å². The summed E-state index contributed by atoms with van der Waals surface area (Å²) in [5, 5.41) is -0.291. The molecule has 2 aromatic rings. The molecule has 2 rings (SSSR count). The lowest BCUT2D eigenvalue weighted by Gasteiger charge is -2.10. The summed E-state index contributed by atoms with van der Waals surface area (Å²) in [5.74, 6) is -1.13. The second-order valence-corrected chi connectivity index (χ2v) is 6.21. The van der Waals surface area contributed by atoms with Crippen LogP contribution in [0.15, 0.2) is 35.2 Å². The number of benzene rings is 1. The quantitative estimate of drug-likeness (QED) is 0.667. The fraction of sp³-hybridized carbons (Fsp3) is 0. The van der Waals surface area contributed by atoms with Gasteiger partial charge in [-0.3, -0.25) is 4.72 Å². The molecular weight excluding hydrogens is 328 g/mol. The zero-order valence-electron chi connectivity index (χ0n) is 9.77. The average Bonchev–Trinajstić information content (AvgIpc) is 2.33. The molecule has 0 aliphatic rings. The molecule has 3 N–H and O–H groups in total. The fourth-order valence-corrected chi connectivity index (χ4v) is 3.02. The minimum Gasteiger partial charge on any atom is -0.399 e. The van der Waals surface area contributed by atoms with Crippen LogP contribution in [0.4, 0.5) is 15.9 Å². The van der Waals surface area contributed by atoms with E-state index in [2.05, 4.69) is 9.71 Å². The largest absolute Gasteiger partial charge is 0.399 e. The second-order valence-electron chi connectivity index (χ2n) is 3.77. The van der Waals surface area contributed by atoms with E-state index in [9.17, 15) is 12.8 Å². The maximum atomic E-state index is 13.8. The third-order valence-corrected chi connectivity index (χ3v) is 4.10. The van der Waals surface area contributed by atoms with E-state index >= 15 is 0 Å². The highest BCUT2D eigenvalue weighted by Crippen LogP contribution is 2.27. The molecule has 0 atom stereocenters. The molecule has 0 aliphatic carbocycles. The summed E-state index contributed by atoms with van der Waals surface area (Å²) in [7, 11) is -4.22. The highest BCUT2D eigenvalue weighted by atomic mass is 35.5. The van der Waals surface area contributed by atoms with Gasteiger partial charge in [-0.1, -0.05) is 29.3 Å². The summed E-state index contributed by atoms with van der Waals surface area (Å²) in [4.78, 5) is 3.08. The van der Waals surface area contributed by atoms with Crippen LogP contribution in [0.25, 0.3) is 0 Å². The van der Waals surface area contributed by atoms with Crippen LogP contribution in [-0.2, 0) is 10.0 Å². The first kappa shape index (κ1) is 14.8. The van der Waals surface area contributed by atoms with Gasteiger partial charge in [-0.25, -0.2) is 17.8 Å². The number of halogens is 3. The minimum absolute atomic E-state index is 0.0239. The molecule has 0 spiro atoms. The van der Waals surface area contributed by atoms with E-state index in [1.54, 1.807) is 0 Å². The van der Waals surface area contributed by atoms with Crippen molar-refractivity contribution in [3.8, 4) is 0 Å². The van der Waals surface area contributed by atoms with Gasteiger partial charge in [0.1, 0.15) is 15.9 Å². The molecule has 0 unspecified atom stereocenters. The lowest BCUT2D eigenvalue weighted by atomic mass is 10.3. The summed E-state index contributed by atoms with van der Waals surface area (Å²) in [6, 6.07) is 6.42. The van der Waals surface area contributed by atoms with Gasteiger partial charge in [-0.05, 0) is 24.3 Å². The summed E-state index contributed by atoms with van der Waals surface area (Å²) in [6.45, 7) is 0. The molecule has 0 bridgehead atoms. The van der Waals surface area contributed by atoms with Crippen molar-refractivity contribution in [2.45, 2.75) is 4.90 Å². The molecule has 0 saturated carbocycles. The van der Waals surface area contributed by atoms with Gasteiger partial charge in [-0.2, -0.15) is 0 Å². The lowest BCUT2D eigenvalue weighted by Crippen LogP contribution is -2.16. The van der Waals surface area contributed by atoms with Crippen LogP contribution in [-0.4, -0.2) is 13.4 Å². The molecule has 0 saturated heterocycles. The predicted octanol–water partition coefficient (Wildman–Crippen LogP) is 2.91. The Morgan fingerprint density at radius 3 is 2.60 bits per heavy atom. The molecule has 20 heavy (non-hydrogen) atoms. The van der Waals surface area contributed by atoms with Gasteiger partial charge in [0.05, 0.1) is 5.02 Å². The number of hydrogen-bond donors (Lipinski definition) is 2. The first-order chi connectivity index (χ1) is 9.29. The van der Waals surface area contributed by atoms with Crippen LogP contribution in [0.5, 0.6) is 0 Å². The number of nitrogens with zero attached hydrogens (tertiary/aromatic N) is 1. The second kappa shape index (κ2) is 5.43. The average molecular weight is 336 g/mol. The van der Waals surface area contributed by atoms with Crippen LogP contribution in [0.2, 0.25) is 10.2 Å². The van der Waals surface area contributed by atoms with E-state index < -0.39 is 20.7 Å². The highest BCUT2D eigenvalue weighted by molar-refractivity contribution is 7.92. The number of nitrogens with one attached hydrogen (secondary N) is 1. The number of sulfonamides is 1. The smallest absolute Gasteiger partial charge is 0.266 e. The zero-order chi connectivity index (χ0) is 14.9. The number of rotatable bonds is 3. The van der Waals surface area contributed by atoms with E-state index in [1.165, 1.54) is 18.2 Å². The normalized spacial score (nSPS) is 11.3. The fourth-order valence-electron chi connectivity index (χ4n) is 1.44. The SMILES string of the molecule is Nc1cc(Cl)c(F)c(S(=O)(=O)Nc2cccc(Cl)n2)c1. The first-order valence-electron chi connectivity index (χ1n) is 5.19. The minimum atomic E-state index is -4.22. The Morgan fingerprint density at radius 2 is 1.95 bits per heavy atom. The summed E-state index contributed by atoms with van der Waals surface area (Å²) in [5.41, 5.74) is 5.49. The number of pyridine rings is 1. The summed E-state index contributed by atoms with van der Waals surface area (Å²) in [6.07, 6.45) is 0. The van der Waals surface area contributed by atoms with Gasteiger partial charge >= 0.3 is 0 Å². The van der Waals surface area contributed by atoms with Crippen LogP contribution in [0.3, 0.4) is 0 Å². The molecule has 106 valence electrons. The summed E-state index contributed by atoms with van der Waals surface area (Å²) < 4.78 is 40.1. The monoisotopic (exact) mass is 335 g/mol. The number of aromatic nitrogens is 1. The van der Waals surface area contributed by atoms with Crippen molar-refractivity contribution < 1.29 is 12.8 Å². The molecule has 0 radical (unpaired) electrons. The van der Waals surface area contributed by atoms with E-state index in [4.69, 9.17) is 28.9 Å². The van der Waals surface area contributed by atoms with Crippen molar-refractivity contribution in [3.05, 3.63) is 46.3 Å². The van der Waals surface area contributed by atoms with Crippen molar-refractivity contribution in [3.63, 3.8) is 0 Å². The third kappa shape index (κ3) is 3.12. The van der Waals surface area contributed by atoms with Crippen LogP contribution in [0.1, 0.15) is 0 Å². The highest BCUT2D eigenvalue weighted by Gasteiger charge is 2.22. The zero-order valence-corrected chi connectivity index (χ0v) is 12.1. The molecule has 0 fully saturated rings. The van der Waals surface area contributed by atoms with Crippen molar-refractivity contribution in [2.75, 3.05) is 10.5 Å². The van der Waals surface area contributed by atoms with E-state index in [0.29, 0.717) is 0 Å². The van der Waals surface area contributed by atoms with Gasteiger partial charge in [0.25, 0.3) is 10.0 Å². The number of nitrogen functional groups attached to an aromatic ring is 1. The van der Waals surface area contributed by atoms with Gasteiger partial charge < -0.3 is 5.73 Å². The third-order valence-electron chi connectivity index (χ3n) is 2.26. The molecule has 0 aliphatic heterocycles. The molecule has 9 heteroatoms. The van der Waals surface area contributed by atoms with Crippen LogP contribution in [0, 0.1) is 5.82 Å². The predicted molar refractivity (Wildman–Crippen MR) is 75.9 cm³/mol. The Bertz CT molecular complexity index is 768. The standard InChI is InChI=1S/C11H8Cl2FN3O2S/c12-7-4-6(15)5-8(11(7)14)20(18,19)17-10-3-1-2-9(13)16-10/h1-5H,15H2,(H,16,17). The van der Waals surface area contributed by atoms with Gasteiger partial charge in [0, 0.05) is 5.69 Å². The van der Waals surface area contributed by atoms with Crippen molar-refractivity contribution in [2.24, 2.45) is 0 Å². The van der Waals surface area contributed by atoms with Crippen LogP contribution >= 0.6 is 23.2 Å². The van der Waals surface area contributed by atoms with Gasteiger partial charge in [-0.15, -0.1) is 0 Å². The number of nitrogens with two attached hydrogens (primary N) is 1. The molecule has 1 aromatic carbocycles. The Morgan fingerprint density at radius 1 is 1.25 bits per heavy atom. The lowest BCUT2D eigenvalue weighted by molar-refractivity contribution is 0.570. The Kier molecular flexibility index (Phi) is 4.03. The van der Waals surface area contributed by atoms with Gasteiger partial charge in [0.2, 0.25) is 0 Å². The Hall–Kier alpha value is -1.57. The molecule has 0 amide bonds. The molecule has 1 heterocycles. The molecule has 5 nitrogen and oxygen atoms in total. The number of anilines is 2. The van der Waals surface area contributed by atoms with Crippen molar-refractivity contribution >= 4 is 44.7 Å². The van der Waals surface area contributed by atoms with Crippen molar-refractivity contribution in [1.82, 2.24) is 4.98 Å². The first-order valence-corrected chi connectivity index (χ1v) is 7.43. The molecular formula is C11H8Cl2FN3O2S. The maximum Gasteiger partial charge on any atom is 0.266 e. The van der Waals surface area contributed by atoms with E-state index in [-0.39, 0.29) is 21.7 Å². The molecule has 1 aromatic heterocycles. The Labute approximate surface area is 124 Å². The van der Waals surface area contributed by atoms with E-state index in [1.807, 2.05) is 0 Å². The van der Waals surface area contributed by atoms with Crippen molar-refractivity contribution in [1.29, 1.82) is 0 Å².